The zero-order valence-electron chi connectivity index (χ0n) is 9.45. The van der Waals surface area contributed by atoms with Crippen LogP contribution in [0.1, 0.15) is 38.4 Å². The lowest BCUT2D eigenvalue weighted by atomic mass is 10.2. The van der Waals surface area contributed by atoms with E-state index in [1.54, 1.807) is 6.33 Å². The zero-order valence-corrected chi connectivity index (χ0v) is 9.45. The Hall–Kier alpha value is -0.900. The molecule has 1 fully saturated rings. The van der Waals surface area contributed by atoms with Crippen molar-refractivity contribution in [3.05, 3.63) is 12.2 Å². The predicted molar refractivity (Wildman–Crippen MR) is 59.4 cm³/mol. The van der Waals surface area contributed by atoms with Gasteiger partial charge in [0.25, 0.3) is 0 Å². The maximum atomic E-state index is 4.22. The van der Waals surface area contributed by atoms with Gasteiger partial charge in [0.1, 0.15) is 12.2 Å². The molecule has 0 unspecified atom stereocenters. The lowest BCUT2D eigenvalue weighted by Crippen LogP contribution is -2.18. The van der Waals surface area contributed by atoms with Crippen LogP contribution < -0.4 is 5.32 Å². The van der Waals surface area contributed by atoms with Crippen LogP contribution in [0.3, 0.4) is 0 Å². The Labute approximate surface area is 91.1 Å². The molecule has 0 bridgehead atoms. The van der Waals surface area contributed by atoms with Crippen LogP contribution in [-0.4, -0.2) is 21.3 Å². The van der Waals surface area contributed by atoms with Crippen molar-refractivity contribution in [1.29, 1.82) is 0 Å². The lowest BCUT2D eigenvalue weighted by molar-refractivity contribution is 0.548. The van der Waals surface area contributed by atoms with Crippen molar-refractivity contribution in [3.8, 4) is 0 Å². The van der Waals surface area contributed by atoms with E-state index in [0.717, 1.165) is 31.4 Å². The molecule has 1 aromatic heterocycles. The summed E-state index contributed by atoms with van der Waals surface area (Å²) in [5.41, 5.74) is 0. The van der Waals surface area contributed by atoms with Crippen LogP contribution in [0, 0.1) is 5.92 Å². The van der Waals surface area contributed by atoms with Gasteiger partial charge in [-0.1, -0.05) is 12.8 Å². The van der Waals surface area contributed by atoms with Crippen LogP contribution in [0.2, 0.25) is 0 Å². The Bertz CT molecular complexity index is 291. The molecule has 4 heteroatoms. The summed E-state index contributed by atoms with van der Waals surface area (Å²) in [6.07, 6.45) is 7.25. The highest BCUT2D eigenvalue weighted by Gasteiger charge is 2.19. The Morgan fingerprint density at radius 3 is 3.13 bits per heavy atom. The molecule has 0 spiro atoms. The smallest absolute Gasteiger partial charge is 0.140 e. The molecule has 1 saturated carbocycles. The van der Waals surface area contributed by atoms with Crippen molar-refractivity contribution in [3.63, 3.8) is 0 Å². The Balaban J connectivity index is 1.59. The summed E-state index contributed by atoms with van der Waals surface area (Å²) in [6, 6.07) is 0. The van der Waals surface area contributed by atoms with Gasteiger partial charge >= 0.3 is 0 Å². The van der Waals surface area contributed by atoms with Crippen molar-refractivity contribution in [2.24, 2.45) is 5.92 Å². The second kappa shape index (κ2) is 5.26. The average molecular weight is 208 g/mol. The monoisotopic (exact) mass is 208 g/mol. The first kappa shape index (κ1) is 10.6. The van der Waals surface area contributed by atoms with E-state index in [4.69, 9.17) is 0 Å². The minimum Gasteiger partial charge on any atom is -0.310 e. The fourth-order valence-corrected chi connectivity index (χ4v) is 1.81. The van der Waals surface area contributed by atoms with E-state index in [9.17, 15) is 0 Å². The van der Waals surface area contributed by atoms with E-state index in [-0.39, 0.29) is 0 Å². The standard InChI is InChI=1S/C11H20N4/c1-2-15-11(13-9-14-15)8-12-7-3-4-10-5-6-10/h9-10,12H,2-8H2,1H3. The maximum absolute atomic E-state index is 4.22. The highest BCUT2D eigenvalue weighted by atomic mass is 15.3. The molecular formula is C11H20N4. The Kier molecular flexibility index (Phi) is 3.72. The third-order valence-electron chi connectivity index (χ3n) is 2.94. The molecule has 1 N–H and O–H groups in total. The summed E-state index contributed by atoms with van der Waals surface area (Å²) in [6.45, 7) is 4.94. The van der Waals surface area contributed by atoms with Crippen molar-refractivity contribution < 1.29 is 0 Å². The quantitative estimate of drug-likeness (QED) is 0.692. The van der Waals surface area contributed by atoms with Crippen LogP contribution in [-0.2, 0) is 13.1 Å². The van der Waals surface area contributed by atoms with Crippen LogP contribution in [0.15, 0.2) is 6.33 Å². The second-order valence-corrected chi connectivity index (χ2v) is 4.25. The van der Waals surface area contributed by atoms with Gasteiger partial charge in [-0.15, -0.1) is 0 Å². The number of aryl methyl sites for hydroxylation is 1. The molecule has 0 aliphatic heterocycles. The van der Waals surface area contributed by atoms with E-state index >= 15 is 0 Å². The largest absolute Gasteiger partial charge is 0.310 e. The summed E-state index contributed by atoms with van der Waals surface area (Å²) in [4.78, 5) is 4.22. The summed E-state index contributed by atoms with van der Waals surface area (Å²) in [7, 11) is 0. The van der Waals surface area contributed by atoms with Gasteiger partial charge < -0.3 is 5.32 Å². The molecule has 1 aliphatic carbocycles. The van der Waals surface area contributed by atoms with Gasteiger partial charge in [0.2, 0.25) is 0 Å². The van der Waals surface area contributed by atoms with Crippen molar-refractivity contribution in [1.82, 2.24) is 20.1 Å². The summed E-state index contributed by atoms with van der Waals surface area (Å²) < 4.78 is 1.94. The number of hydrogen-bond acceptors (Lipinski definition) is 3. The molecule has 84 valence electrons. The molecule has 0 atom stereocenters. The van der Waals surface area contributed by atoms with E-state index in [2.05, 4.69) is 22.3 Å². The SMILES string of the molecule is CCn1ncnc1CNCCCC1CC1. The molecule has 0 saturated heterocycles. The van der Waals surface area contributed by atoms with Crippen molar-refractivity contribution in [2.45, 2.75) is 45.7 Å². The summed E-state index contributed by atoms with van der Waals surface area (Å²) in [5.74, 6) is 2.09. The molecule has 1 heterocycles. The minimum absolute atomic E-state index is 0.846. The van der Waals surface area contributed by atoms with E-state index in [1.807, 2.05) is 4.68 Å². The van der Waals surface area contributed by atoms with Crippen LogP contribution >= 0.6 is 0 Å². The fourth-order valence-electron chi connectivity index (χ4n) is 1.81. The Morgan fingerprint density at radius 1 is 1.53 bits per heavy atom. The molecule has 2 rings (SSSR count). The van der Waals surface area contributed by atoms with E-state index < -0.39 is 0 Å². The number of aromatic nitrogens is 3. The van der Waals surface area contributed by atoms with Gasteiger partial charge in [0.05, 0.1) is 6.54 Å². The van der Waals surface area contributed by atoms with Crippen LogP contribution in [0.5, 0.6) is 0 Å². The van der Waals surface area contributed by atoms with Gasteiger partial charge in [-0.2, -0.15) is 5.10 Å². The predicted octanol–water partition coefficient (Wildman–Crippen LogP) is 1.58. The van der Waals surface area contributed by atoms with Gasteiger partial charge in [-0.25, -0.2) is 9.67 Å². The fraction of sp³-hybridized carbons (Fsp3) is 0.818. The molecule has 0 radical (unpaired) electrons. The third kappa shape index (κ3) is 3.30. The molecular weight excluding hydrogens is 188 g/mol. The molecule has 1 aliphatic rings. The topological polar surface area (TPSA) is 42.7 Å². The molecule has 0 aromatic carbocycles. The summed E-state index contributed by atoms with van der Waals surface area (Å²) >= 11 is 0. The first-order valence-electron chi connectivity index (χ1n) is 5.97. The van der Waals surface area contributed by atoms with Crippen LogP contribution in [0.25, 0.3) is 0 Å². The van der Waals surface area contributed by atoms with Gasteiger partial charge in [0, 0.05) is 6.54 Å². The number of nitrogens with zero attached hydrogens (tertiary/aromatic N) is 3. The van der Waals surface area contributed by atoms with Gasteiger partial charge in [0.15, 0.2) is 0 Å². The molecule has 4 nitrogen and oxygen atoms in total. The van der Waals surface area contributed by atoms with E-state index in [0.29, 0.717) is 0 Å². The Morgan fingerprint density at radius 2 is 2.40 bits per heavy atom. The first-order chi connectivity index (χ1) is 7.40. The first-order valence-corrected chi connectivity index (χ1v) is 5.97. The summed E-state index contributed by atoms with van der Waals surface area (Å²) in [5, 5.41) is 7.56. The highest BCUT2D eigenvalue weighted by molar-refractivity contribution is 4.83. The third-order valence-corrected chi connectivity index (χ3v) is 2.94. The maximum Gasteiger partial charge on any atom is 0.140 e. The minimum atomic E-state index is 0.846. The number of hydrogen-bond donors (Lipinski definition) is 1. The van der Waals surface area contributed by atoms with Crippen LogP contribution in [0.4, 0.5) is 0 Å². The zero-order chi connectivity index (χ0) is 10.5. The highest BCUT2D eigenvalue weighted by Crippen LogP contribution is 2.33. The lowest BCUT2D eigenvalue weighted by Gasteiger charge is -2.04. The van der Waals surface area contributed by atoms with E-state index in [1.165, 1.54) is 25.7 Å². The van der Waals surface area contributed by atoms with Gasteiger partial charge in [-0.05, 0) is 32.2 Å². The molecule has 1 aromatic rings. The average Bonchev–Trinajstić information content (AvgIpc) is 2.96. The molecule has 15 heavy (non-hydrogen) atoms. The number of rotatable bonds is 7. The second-order valence-electron chi connectivity index (χ2n) is 4.25. The van der Waals surface area contributed by atoms with Gasteiger partial charge in [-0.3, -0.25) is 0 Å². The number of nitrogens with one attached hydrogen (secondary N) is 1. The van der Waals surface area contributed by atoms with Crippen molar-refractivity contribution >= 4 is 0 Å². The normalized spacial score (nSPS) is 15.8. The van der Waals surface area contributed by atoms with Crippen molar-refractivity contribution in [2.75, 3.05) is 6.54 Å². The molecule has 0 amide bonds.